The summed E-state index contributed by atoms with van der Waals surface area (Å²) in [6.45, 7) is 5.96. The molecule has 0 bridgehead atoms. The predicted molar refractivity (Wildman–Crippen MR) is 43.5 cm³/mol. The molecule has 1 aliphatic heterocycles. The number of nitrogens with one attached hydrogen (secondary N) is 1. The standard InChI is InChI=1S/C8H17NO2/c1-6(2)8-3-9-7(4-10)5-11-8/h6-10H,3-5H2,1-2H3. The molecule has 3 heteroatoms. The average Bonchev–Trinajstić information content (AvgIpc) is 2.05. The van der Waals surface area contributed by atoms with Gasteiger partial charge in [-0.2, -0.15) is 0 Å². The highest BCUT2D eigenvalue weighted by Gasteiger charge is 2.22. The van der Waals surface area contributed by atoms with Crippen LogP contribution in [0.4, 0.5) is 0 Å². The van der Waals surface area contributed by atoms with E-state index in [2.05, 4.69) is 19.2 Å². The van der Waals surface area contributed by atoms with Crippen molar-refractivity contribution in [3.8, 4) is 0 Å². The highest BCUT2D eigenvalue weighted by atomic mass is 16.5. The smallest absolute Gasteiger partial charge is 0.0723 e. The Labute approximate surface area is 67.7 Å². The van der Waals surface area contributed by atoms with Crippen molar-refractivity contribution in [3.63, 3.8) is 0 Å². The van der Waals surface area contributed by atoms with Crippen LogP contribution in [0.1, 0.15) is 13.8 Å². The zero-order valence-electron chi connectivity index (χ0n) is 7.21. The van der Waals surface area contributed by atoms with Crippen LogP contribution in [-0.4, -0.2) is 37.0 Å². The molecule has 0 aliphatic carbocycles. The van der Waals surface area contributed by atoms with Gasteiger partial charge in [-0.15, -0.1) is 0 Å². The molecule has 1 fully saturated rings. The summed E-state index contributed by atoms with van der Waals surface area (Å²) < 4.78 is 5.52. The van der Waals surface area contributed by atoms with Gasteiger partial charge in [-0.3, -0.25) is 0 Å². The number of aliphatic hydroxyl groups excluding tert-OH is 1. The van der Waals surface area contributed by atoms with E-state index in [0.29, 0.717) is 18.6 Å². The molecule has 1 rings (SSSR count). The van der Waals surface area contributed by atoms with Gasteiger partial charge in [-0.05, 0) is 5.92 Å². The van der Waals surface area contributed by atoms with E-state index in [0.717, 1.165) is 6.54 Å². The van der Waals surface area contributed by atoms with E-state index in [1.165, 1.54) is 0 Å². The molecule has 2 N–H and O–H groups in total. The Kier molecular flexibility index (Phi) is 3.30. The summed E-state index contributed by atoms with van der Waals surface area (Å²) in [5.74, 6) is 0.558. The maximum Gasteiger partial charge on any atom is 0.0723 e. The third kappa shape index (κ3) is 2.43. The molecule has 11 heavy (non-hydrogen) atoms. The van der Waals surface area contributed by atoms with Crippen LogP contribution in [0, 0.1) is 5.92 Å². The van der Waals surface area contributed by atoms with Crippen molar-refractivity contribution in [2.75, 3.05) is 19.8 Å². The minimum absolute atomic E-state index is 0.144. The first-order chi connectivity index (χ1) is 5.24. The number of hydrogen-bond donors (Lipinski definition) is 2. The SMILES string of the molecule is CC(C)C1CNC(CO)CO1. The Morgan fingerprint density at radius 1 is 1.64 bits per heavy atom. The van der Waals surface area contributed by atoms with E-state index in [4.69, 9.17) is 9.84 Å². The number of hydrogen-bond acceptors (Lipinski definition) is 3. The highest BCUT2D eigenvalue weighted by molar-refractivity contribution is 4.76. The van der Waals surface area contributed by atoms with E-state index in [-0.39, 0.29) is 12.6 Å². The third-order valence-corrected chi connectivity index (χ3v) is 2.08. The van der Waals surface area contributed by atoms with Crippen molar-refractivity contribution in [1.29, 1.82) is 0 Å². The van der Waals surface area contributed by atoms with Gasteiger partial charge in [0, 0.05) is 6.54 Å². The fourth-order valence-electron chi connectivity index (χ4n) is 1.19. The molecular formula is C8H17NO2. The van der Waals surface area contributed by atoms with Gasteiger partial charge in [0.15, 0.2) is 0 Å². The number of rotatable bonds is 2. The summed E-state index contributed by atoms with van der Waals surface area (Å²) in [7, 11) is 0. The molecular weight excluding hydrogens is 142 g/mol. The first-order valence-electron chi connectivity index (χ1n) is 4.20. The summed E-state index contributed by atoms with van der Waals surface area (Å²) in [4.78, 5) is 0. The van der Waals surface area contributed by atoms with Gasteiger partial charge >= 0.3 is 0 Å². The normalized spacial score (nSPS) is 32.7. The predicted octanol–water partition coefficient (Wildman–Crippen LogP) is -0.00830. The van der Waals surface area contributed by atoms with E-state index in [1.54, 1.807) is 0 Å². The minimum Gasteiger partial charge on any atom is -0.395 e. The van der Waals surface area contributed by atoms with Crippen molar-refractivity contribution in [1.82, 2.24) is 5.32 Å². The number of aliphatic hydroxyl groups is 1. The molecule has 0 aromatic carbocycles. The van der Waals surface area contributed by atoms with Crippen LogP contribution in [0.15, 0.2) is 0 Å². The Hall–Kier alpha value is -0.120. The third-order valence-electron chi connectivity index (χ3n) is 2.08. The molecule has 3 nitrogen and oxygen atoms in total. The molecule has 1 saturated heterocycles. The lowest BCUT2D eigenvalue weighted by Crippen LogP contribution is -2.49. The van der Waals surface area contributed by atoms with Crippen LogP contribution < -0.4 is 5.32 Å². The van der Waals surface area contributed by atoms with Crippen molar-refractivity contribution in [2.45, 2.75) is 26.0 Å². The van der Waals surface area contributed by atoms with E-state index in [1.807, 2.05) is 0 Å². The van der Waals surface area contributed by atoms with Crippen molar-refractivity contribution in [2.24, 2.45) is 5.92 Å². The first-order valence-corrected chi connectivity index (χ1v) is 4.20. The summed E-state index contributed by atoms with van der Waals surface area (Å²) in [6, 6.07) is 0.144. The maximum atomic E-state index is 8.77. The van der Waals surface area contributed by atoms with Crippen molar-refractivity contribution < 1.29 is 9.84 Å². The summed E-state index contributed by atoms with van der Waals surface area (Å²) in [5, 5.41) is 12.0. The molecule has 1 heterocycles. The van der Waals surface area contributed by atoms with Crippen LogP contribution in [0.5, 0.6) is 0 Å². The molecule has 0 aromatic rings. The van der Waals surface area contributed by atoms with Crippen molar-refractivity contribution in [3.05, 3.63) is 0 Å². The van der Waals surface area contributed by atoms with Crippen LogP contribution in [0.2, 0.25) is 0 Å². The molecule has 66 valence electrons. The van der Waals surface area contributed by atoms with Gasteiger partial charge in [0.05, 0.1) is 25.4 Å². The Morgan fingerprint density at radius 3 is 2.73 bits per heavy atom. The summed E-state index contributed by atoms with van der Waals surface area (Å²) >= 11 is 0. The van der Waals surface area contributed by atoms with Crippen LogP contribution in [-0.2, 0) is 4.74 Å². The molecule has 0 radical (unpaired) electrons. The van der Waals surface area contributed by atoms with E-state index in [9.17, 15) is 0 Å². The van der Waals surface area contributed by atoms with Gasteiger partial charge < -0.3 is 15.2 Å². The van der Waals surface area contributed by atoms with Gasteiger partial charge in [0.25, 0.3) is 0 Å². The molecule has 0 spiro atoms. The number of ether oxygens (including phenoxy) is 1. The quantitative estimate of drug-likeness (QED) is 0.595. The molecule has 2 atom stereocenters. The Morgan fingerprint density at radius 2 is 2.36 bits per heavy atom. The lowest BCUT2D eigenvalue weighted by molar-refractivity contribution is -0.0306. The Bertz CT molecular complexity index is 109. The number of morpholine rings is 1. The minimum atomic E-state index is 0.144. The topological polar surface area (TPSA) is 41.5 Å². The zero-order chi connectivity index (χ0) is 8.27. The molecule has 2 unspecified atom stereocenters. The summed E-state index contributed by atoms with van der Waals surface area (Å²) in [5.41, 5.74) is 0. The van der Waals surface area contributed by atoms with Gasteiger partial charge in [0.2, 0.25) is 0 Å². The lowest BCUT2D eigenvalue weighted by Gasteiger charge is -2.31. The molecule has 0 saturated carbocycles. The fourth-order valence-corrected chi connectivity index (χ4v) is 1.19. The maximum absolute atomic E-state index is 8.77. The van der Waals surface area contributed by atoms with E-state index >= 15 is 0 Å². The highest BCUT2D eigenvalue weighted by Crippen LogP contribution is 2.09. The molecule has 0 amide bonds. The second kappa shape index (κ2) is 4.04. The van der Waals surface area contributed by atoms with Gasteiger partial charge in [-0.25, -0.2) is 0 Å². The summed E-state index contributed by atoms with van der Waals surface area (Å²) in [6.07, 6.45) is 0.317. The van der Waals surface area contributed by atoms with Crippen molar-refractivity contribution >= 4 is 0 Å². The monoisotopic (exact) mass is 159 g/mol. The molecule has 0 aromatic heterocycles. The zero-order valence-corrected chi connectivity index (χ0v) is 7.21. The van der Waals surface area contributed by atoms with Gasteiger partial charge in [-0.1, -0.05) is 13.8 Å². The van der Waals surface area contributed by atoms with Crippen LogP contribution in [0.3, 0.4) is 0 Å². The molecule has 1 aliphatic rings. The van der Waals surface area contributed by atoms with Gasteiger partial charge in [0.1, 0.15) is 0 Å². The fraction of sp³-hybridized carbons (Fsp3) is 1.00. The van der Waals surface area contributed by atoms with E-state index < -0.39 is 0 Å². The second-order valence-corrected chi connectivity index (χ2v) is 3.40. The largest absolute Gasteiger partial charge is 0.395 e. The lowest BCUT2D eigenvalue weighted by atomic mass is 10.1. The van der Waals surface area contributed by atoms with Crippen LogP contribution in [0.25, 0.3) is 0 Å². The van der Waals surface area contributed by atoms with Crippen LogP contribution >= 0.6 is 0 Å². The second-order valence-electron chi connectivity index (χ2n) is 3.40. The Balaban J connectivity index is 2.24. The average molecular weight is 159 g/mol. The first kappa shape index (κ1) is 8.97.